The van der Waals surface area contributed by atoms with Crippen LogP contribution in [0.1, 0.15) is 26.2 Å². The Bertz CT molecular complexity index is 203. The molecule has 1 fully saturated rings. The lowest BCUT2D eigenvalue weighted by molar-refractivity contribution is -0.131. The van der Waals surface area contributed by atoms with Gasteiger partial charge < -0.3 is 14.9 Å². The van der Waals surface area contributed by atoms with Crippen LogP contribution in [0.25, 0.3) is 0 Å². The van der Waals surface area contributed by atoms with E-state index in [9.17, 15) is 4.79 Å². The smallest absolute Gasteiger partial charge is 0.224 e. The highest BCUT2D eigenvalue weighted by Crippen LogP contribution is 2.11. The number of nitrogens with zero attached hydrogens (tertiary/aromatic N) is 2. The predicted octanol–water partition coefficient (Wildman–Crippen LogP) is 0.311. The van der Waals surface area contributed by atoms with Crippen molar-refractivity contribution in [2.75, 3.05) is 33.3 Å². The molecule has 4 nitrogen and oxygen atoms in total. The Labute approximate surface area is 91.9 Å². The van der Waals surface area contributed by atoms with Crippen molar-refractivity contribution in [2.24, 2.45) is 0 Å². The van der Waals surface area contributed by atoms with Gasteiger partial charge in [0.15, 0.2) is 0 Å². The summed E-state index contributed by atoms with van der Waals surface area (Å²) in [6.07, 6.45) is 2.86. The number of amides is 1. The van der Waals surface area contributed by atoms with E-state index in [-0.39, 0.29) is 18.6 Å². The van der Waals surface area contributed by atoms with E-state index in [0.717, 1.165) is 25.9 Å². The number of rotatable bonds is 5. The molecule has 0 aromatic heterocycles. The van der Waals surface area contributed by atoms with Gasteiger partial charge in [-0.3, -0.25) is 4.79 Å². The summed E-state index contributed by atoms with van der Waals surface area (Å²) in [6, 6.07) is 0.213. The first-order chi connectivity index (χ1) is 7.15. The molecule has 0 bridgehead atoms. The highest BCUT2D eigenvalue weighted by Gasteiger charge is 2.21. The predicted molar refractivity (Wildman–Crippen MR) is 59.6 cm³/mol. The van der Waals surface area contributed by atoms with Crippen LogP contribution >= 0.6 is 0 Å². The van der Waals surface area contributed by atoms with Gasteiger partial charge in [0.05, 0.1) is 6.61 Å². The molecule has 88 valence electrons. The van der Waals surface area contributed by atoms with E-state index >= 15 is 0 Å². The van der Waals surface area contributed by atoms with Crippen LogP contribution in [0.15, 0.2) is 0 Å². The summed E-state index contributed by atoms with van der Waals surface area (Å²) in [7, 11) is 1.94. The van der Waals surface area contributed by atoms with E-state index in [0.29, 0.717) is 13.0 Å². The molecule has 1 aliphatic rings. The largest absolute Gasteiger partial charge is 0.395 e. The standard InChI is InChI=1S/C11H22N2O2/c1-10(12(2)7-8-14)9-11(15)13-5-3-4-6-13/h10,14H,3-9H2,1-2H3. The molecular weight excluding hydrogens is 192 g/mol. The zero-order chi connectivity index (χ0) is 11.3. The van der Waals surface area contributed by atoms with Gasteiger partial charge in [-0.15, -0.1) is 0 Å². The summed E-state index contributed by atoms with van der Waals surface area (Å²) in [6.45, 7) is 4.67. The molecule has 0 saturated carbocycles. The van der Waals surface area contributed by atoms with E-state index in [4.69, 9.17) is 5.11 Å². The van der Waals surface area contributed by atoms with Gasteiger partial charge in [-0.05, 0) is 26.8 Å². The molecule has 0 aliphatic carbocycles. The third-order valence-electron chi connectivity index (χ3n) is 3.13. The Hall–Kier alpha value is -0.610. The van der Waals surface area contributed by atoms with Crippen molar-refractivity contribution >= 4 is 5.91 Å². The van der Waals surface area contributed by atoms with E-state index in [1.807, 2.05) is 23.8 Å². The second-order valence-electron chi connectivity index (χ2n) is 4.35. The zero-order valence-electron chi connectivity index (χ0n) is 9.78. The maximum absolute atomic E-state index is 11.8. The zero-order valence-corrected chi connectivity index (χ0v) is 9.78. The van der Waals surface area contributed by atoms with Crippen molar-refractivity contribution in [1.29, 1.82) is 0 Å². The SMILES string of the molecule is CC(CC(=O)N1CCCC1)N(C)CCO. The normalized spacial score (nSPS) is 18.5. The molecule has 1 saturated heterocycles. The van der Waals surface area contributed by atoms with Gasteiger partial charge in [-0.25, -0.2) is 0 Å². The maximum Gasteiger partial charge on any atom is 0.224 e. The average Bonchev–Trinajstić information content (AvgIpc) is 2.70. The Morgan fingerprint density at radius 1 is 1.47 bits per heavy atom. The van der Waals surface area contributed by atoms with E-state index in [1.54, 1.807) is 0 Å². The van der Waals surface area contributed by atoms with Gasteiger partial charge in [0.2, 0.25) is 5.91 Å². The van der Waals surface area contributed by atoms with E-state index in [1.165, 1.54) is 0 Å². The lowest BCUT2D eigenvalue weighted by Gasteiger charge is -2.25. The van der Waals surface area contributed by atoms with Gasteiger partial charge >= 0.3 is 0 Å². The van der Waals surface area contributed by atoms with Gasteiger partial charge in [0.25, 0.3) is 0 Å². The van der Waals surface area contributed by atoms with Crippen molar-refractivity contribution in [3.63, 3.8) is 0 Å². The summed E-state index contributed by atoms with van der Waals surface area (Å²) < 4.78 is 0. The highest BCUT2D eigenvalue weighted by atomic mass is 16.3. The summed E-state index contributed by atoms with van der Waals surface area (Å²) >= 11 is 0. The first-order valence-corrected chi connectivity index (χ1v) is 5.74. The van der Waals surface area contributed by atoms with Crippen LogP contribution in [0.3, 0.4) is 0 Å². The second kappa shape index (κ2) is 6.08. The number of likely N-dealkylation sites (tertiary alicyclic amines) is 1. The molecule has 0 spiro atoms. The van der Waals surface area contributed by atoms with Crippen molar-refractivity contribution in [1.82, 2.24) is 9.80 Å². The maximum atomic E-state index is 11.8. The van der Waals surface area contributed by atoms with Gasteiger partial charge in [-0.1, -0.05) is 0 Å². The van der Waals surface area contributed by atoms with Crippen molar-refractivity contribution in [3.05, 3.63) is 0 Å². The molecule has 1 aliphatic heterocycles. The summed E-state index contributed by atoms with van der Waals surface area (Å²) in [5.74, 6) is 0.254. The number of aliphatic hydroxyl groups excluding tert-OH is 1. The lowest BCUT2D eigenvalue weighted by Crippen LogP contribution is -2.37. The van der Waals surface area contributed by atoms with Gasteiger partial charge in [-0.2, -0.15) is 0 Å². The van der Waals surface area contributed by atoms with Crippen LogP contribution in [0, 0.1) is 0 Å². The van der Waals surface area contributed by atoms with Crippen LogP contribution in [-0.4, -0.2) is 60.1 Å². The van der Waals surface area contributed by atoms with Gasteiger partial charge in [0.1, 0.15) is 0 Å². The van der Waals surface area contributed by atoms with E-state index < -0.39 is 0 Å². The Kier molecular flexibility index (Phi) is 5.05. The molecule has 1 atom stereocenters. The third-order valence-corrected chi connectivity index (χ3v) is 3.13. The second-order valence-corrected chi connectivity index (χ2v) is 4.35. The number of likely N-dealkylation sites (N-methyl/N-ethyl adjacent to an activating group) is 1. The fourth-order valence-electron chi connectivity index (χ4n) is 1.88. The first-order valence-electron chi connectivity index (χ1n) is 5.74. The molecule has 4 heteroatoms. The summed E-state index contributed by atoms with van der Waals surface area (Å²) in [5.41, 5.74) is 0. The lowest BCUT2D eigenvalue weighted by atomic mass is 10.2. The number of hydrogen-bond acceptors (Lipinski definition) is 3. The van der Waals surface area contributed by atoms with Crippen molar-refractivity contribution < 1.29 is 9.90 Å². The molecule has 15 heavy (non-hydrogen) atoms. The first kappa shape index (κ1) is 12.5. The topological polar surface area (TPSA) is 43.8 Å². The summed E-state index contributed by atoms with van der Waals surface area (Å²) in [5, 5.41) is 8.79. The number of aliphatic hydroxyl groups is 1. The molecule has 0 aromatic rings. The number of hydrogen-bond donors (Lipinski definition) is 1. The molecule has 1 amide bonds. The Morgan fingerprint density at radius 2 is 2.07 bits per heavy atom. The third kappa shape index (κ3) is 3.80. The minimum atomic E-state index is 0.152. The van der Waals surface area contributed by atoms with Crippen LogP contribution in [0.5, 0.6) is 0 Å². The molecule has 1 heterocycles. The van der Waals surface area contributed by atoms with Gasteiger partial charge in [0, 0.05) is 32.1 Å². The molecule has 1 rings (SSSR count). The van der Waals surface area contributed by atoms with Crippen LogP contribution in [0.2, 0.25) is 0 Å². The van der Waals surface area contributed by atoms with Crippen molar-refractivity contribution in [3.8, 4) is 0 Å². The number of carbonyl (C=O) groups excluding carboxylic acids is 1. The highest BCUT2D eigenvalue weighted by molar-refractivity contribution is 5.77. The quantitative estimate of drug-likeness (QED) is 0.716. The Balaban J connectivity index is 2.29. The Morgan fingerprint density at radius 3 is 2.60 bits per heavy atom. The fourth-order valence-corrected chi connectivity index (χ4v) is 1.88. The van der Waals surface area contributed by atoms with E-state index in [2.05, 4.69) is 0 Å². The van der Waals surface area contributed by atoms with Crippen molar-refractivity contribution in [2.45, 2.75) is 32.2 Å². The minimum absolute atomic E-state index is 0.152. The molecule has 1 unspecified atom stereocenters. The van der Waals surface area contributed by atoms with Crippen LogP contribution in [-0.2, 0) is 4.79 Å². The monoisotopic (exact) mass is 214 g/mol. The molecule has 0 radical (unpaired) electrons. The fraction of sp³-hybridized carbons (Fsp3) is 0.909. The number of carbonyl (C=O) groups is 1. The average molecular weight is 214 g/mol. The van der Waals surface area contributed by atoms with Crippen LogP contribution in [0.4, 0.5) is 0 Å². The molecule has 1 N–H and O–H groups in total. The molecule has 0 aromatic carbocycles. The summed E-state index contributed by atoms with van der Waals surface area (Å²) in [4.78, 5) is 15.8. The minimum Gasteiger partial charge on any atom is -0.395 e. The molecular formula is C11H22N2O2. The van der Waals surface area contributed by atoms with Crippen LogP contribution < -0.4 is 0 Å².